The van der Waals surface area contributed by atoms with Gasteiger partial charge in [-0.3, -0.25) is 9.59 Å². The van der Waals surface area contributed by atoms with Gasteiger partial charge in [-0.15, -0.1) is 0 Å². The number of rotatable bonds is 6. The molecule has 2 aliphatic heterocycles. The van der Waals surface area contributed by atoms with Crippen molar-refractivity contribution >= 4 is 11.8 Å². The summed E-state index contributed by atoms with van der Waals surface area (Å²) < 4.78 is 5.48. The van der Waals surface area contributed by atoms with Crippen LogP contribution in [-0.4, -0.2) is 73.4 Å². The monoisotopic (exact) mass is 387 g/mol. The number of nitrogens with zero attached hydrogens (tertiary/aromatic N) is 3. The third kappa shape index (κ3) is 4.49. The van der Waals surface area contributed by atoms with E-state index in [1.54, 1.807) is 4.90 Å². The molecule has 0 radical (unpaired) electrons. The maximum Gasteiger partial charge on any atom is 0.229 e. The average Bonchev–Trinajstić information content (AvgIpc) is 2.67. The van der Waals surface area contributed by atoms with Crippen molar-refractivity contribution in [3.63, 3.8) is 0 Å². The third-order valence-electron chi connectivity index (χ3n) is 6.21. The summed E-state index contributed by atoms with van der Waals surface area (Å²) in [6, 6.07) is 7.89. The zero-order valence-corrected chi connectivity index (χ0v) is 17.6. The Morgan fingerprint density at radius 1 is 1.14 bits per heavy atom. The molecule has 2 aliphatic rings. The molecule has 6 nitrogen and oxygen atoms in total. The second-order valence-electron chi connectivity index (χ2n) is 8.14. The fraction of sp³-hybridized carbons (Fsp3) is 0.636. The van der Waals surface area contributed by atoms with Gasteiger partial charge in [-0.25, -0.2) is 0 Å². The highest BCUT2D eigenvalue weighted by molar-refractivity contribution is 5.85. The van der Waals surface area contributed by atoms with E-state index in [0.29, 0.717) is 19.7 Å². The molecule has 1 atom stereocenters. The number of ether oxygens (including phenoxy) is 1. The predicted molar refractivity (Wildman–Crippen MR) is 109 cm³/mol. The summed E-state index contributed by atoms with van der Waals surface area (Å²) in [5, 5.41) is 0. The molecule has 0 aliphatic carbocycles. The van der Waals surface area contributed by atoms with Gasteiger partial charge in [0, 0.05) is 26.1 Å². The number of likely N-dealkylation sites (tertiary alicyclic amines) is 2. The number of piperidine rings is 1. The molecule has 28 heavy (non-hydrogen) atoms. The Bertz CT molecular complexity index is 677. The van der Waals surface area contributed by atoms with Gasteiger partial charge in [-0.1, -0.05) is 12.1 Å². The van der Waals surface area contributed by atoms with E-state index in [0.717, 1.165) is 37.2 Å². The molecule has 1 aromatic carbocycles. The summed E-state index contributed by atoms with van der Waals surface area (Å²) in [5.41, 5.74) is 1.08. The molecule has 2 heterocycles. The first-order chi connectivity index (χ1) is 13.4. The lowest BCUT2D eigenvalue weighted by atomic mass is 9.91. The van der Waals surface area contributed by atoms with Crippen molar-refractivity contribution in [3.8, 4) is 5.75 Å². The number of benzene rings is 1. The topological polar surface area (TPSA) is 53.1 Å². The average molecular weight is 388 g/mol. The van der Waals surface area contributed by atoms with Crippen LogP contribution in [-0.2, 0) is 9.59 Å². The Morgan fingerprint density at radius 3 is 2.32 bits per heavy atom. The first kappa shape index (κ1) is 20.6. The van der Waals surface area contributed by atoms with Gasteiger partial charge in [0.05, 0.1) is 18.6 Å². The highest BCUT2D eigenvalue weighted by Gasteiger charge is 2.40. The Hall–Kier alpha value is -2.08. The summed E-state index contributed by atoms with van der Waals surface area (Å²) in [4.78, 5) is 31.4. The minimum atomic E-state index is -0.0784. The fourth-order valence-electron chi connectivity index (χ4n) is 4.04. The maximum absolute atomic E-state index is 12.9. The summed E-state index contributed by atoms with van der Waals surface area (Å²) >= 11 is 0. The Kier molecular flexibility index (Phi) is 6.60. The highest BCUT2D eigenvalue weighted by atomic mass is 16.5. The standard InChI is InChI=1S/C22H33N3O3/c1-5-28-20-8-6-17(7-9-20)16(2)24(4)21(26)19-14-25(15-19)22(27)18-10-12-23(3)13-11-18/h6-9,16,18-19H,5,10-15H2,1-4H3. The molecule has 2 saturated heterocycles. The molecule has 0 aromatic heterocycles. The molecular formula is C22H33N3O3. The van der Waals surface area contributed by atoms with Gasteiger partial charge >= 0.3 is 0 Å². The van der Waals surface area contributed by atoms with Crippen LogP contribution in [0.25, 0.3) is 0 Å². The van der Waals surface area contributed by atoms with E-state index in [2.05, 4.69) is 11.9 Å². The molecule has 0 saturated carbocycles. The molecule has 3 rings (SSSR count). The van der Waals surface area contributed by atoms with Crippen molar-refractivity contribution in [2.24, 2.45) is 11.8 Å². The van der Waals surface area contributed by atoms with Crippen molar-refractivity contribution in [1.82, 2.24) is 14.7 Å². The molecule has 0 bridgehead atoms. The normalized spacial score (nSPS) is 19.8. The van der Waals surface area contributed by atoms with Crippen LogP contribution in [0.3, 0.4) is 0 Å². The van der Waals surface area contributed by atoms with E-state index in [1.165, 1.54) is 0 Å². The Morgan fingerprint density at radius 2 is 1.75 bits per heavy atom. The van der Waals surface area contributed by atoms with E-state index in [4.69, 9.17) is 4.74 Å². The van der Waals surface area contributed by atoms with E-state index >= 15 is 0 Å². The molecular weight excluding hydrogens is 354 g/mol. The van der Waals surface area contributed by atoms with Crippen LogP contribution < -0.4 is 4.74 Å². The molecule has 6 heteroatoms. The fourth-order valence-corrected chi connectivity index (χ4v) is 4.04. The lowest BCUT2D eigenvalue weighted by Gasteiger charge is -2.43. The van der Waals surface area contributed by atoms with Crippen LogP contribution in [0.15, 0.2) is 24.3 Å². The SMILES string of the molecule is CCOc1ccc(C(C)N(C)C(=O)C2CN(C(=O)C3CCN(C)CC3)C2)cc1. The van der Waals surface area contributed by atoms with Gasteiger partial charge in [0.2, 0.25) is 11.8 Å². The third-order valence-corrected chi connectivity index (χ3v) is 6.21. The largest absolute Gasteiger partial charge is 0.494 e. The van der Waals surface area contributed by atoms with Crippen LogP contribution in [0.2, 0.25) is 0 Å². The Balaban J connectivity index is 1.50. The van der Waals surface area contributed by atoms with Gasteiger partial charge in [-0.2, -0.15) is 0 Å². The number of hydrogen-bond donors (Lipinski definition) is 0. The zero-order chi connectivity index (χ0) is 20.3. The van der Waals surface area contributed by atoms with E-state index < -0.39 is 0 Å². The number of amides is 2. The first-order valence-electron chi connectivity index (χ1n) is 10.4. The molecule has 2 amide bonds. The molecule has 154 valence electrons. The van der Waals surface area contributed by atoms with Crippen molar-refractivity contribution in [1.29, 1.82) is 0 Å². The number of hydrogen-bond acceptors (Lipinski definition) is 4. The van der Waals surface area contributed by atoms with Crippen LogP contribution in [0.4, 0.5) is 0 Å². The molecule has 1 unspecified atom stereocenters. The quantitative estimate of drug-likeness (QED) is 0.752. The molecule has 0 N–H and O–H groups in total. The number of carbonyl (C=O) groups excluding carboxylic acids is 2. The highest BCUT2D eigenvalue weighted by Crippen LogP contribution is 2.28. The summed E-state index contributed by atoms with van der Waals surface area (Å²) in [5.74, 6) is 1.25. The lowest BCUT2D eigenvalue weighted by Crippen LogP contribution is -2.58. The van der Waals surface area contributed by atoms with Crippen LogP contribution in [0, 0.1) is 11.8 Å². The van der Waals surface area contributed by atoms with Gasteiger partial charge in [0.15, 0.2) is 0 Å². The van der Waals surface area contributed by atoms with Crippen molar-refractivity contribution < 1.29 is 14.3 Å². The van der Waals surface area contributed by atoms with E-state index in [-0.39, 0.29) is 29.7 Å². The van der Waals surface area contributed by atoms with Crippen LogP contribution in [0.1, 0.15) is 38.3 Å². The second kappa shape index (κ2) is 8.95. The molecule has 1 aromatic rings. The van der Waals surface area contributed by atoms with Crippen LogP contribution >= 0.6 is 0 Å². The van der Waals surface area contributed by atoms with Gasteiger partial charge < -0.3 is 19.4 Å². The van der Waals surface area contributed by atoms with E-state index in [9.17, 15) is 9.59 Å². The second-order valence-corrected chi connectivity index (χ2v) is 8.14. The van der Waals surface area contributed by atoms with Gasteiger partial charge in [0.1, 0.15) is 5.75 Å². The smallest absolute Gasteiger partial charge is 0.229 e. The van der Waals surface area contributed by atoms with Gasteiger partial charge in [-0.05, 0) is 64.5 Å². The summed E-state index contributed by atoms with van der Waals surface area (Å²) in [6.45, 7) is 7.72. The van der Waals surface area contributed by atoms with Crippen LogP contribution in [0.5, 0.6) is 5.75 Å². The maximum atomic E-state index is 12.9. The summed E-state index contributed by atoms with van der Waals surface area (Å²) in [6.07, 6.45) is 1.86. The minimum absolute atomic E-state index is 0.0122. The van der Waals surface area contributed by atoms with E-state index in [1.807, 2.05) is 50.1 Å². The lowest BCUT2D eigenvalue weighted by molar-refractivity contribution is -0.152. The first-order valence-corrected chi connectivity index (χ1v) is 10.4. The van der Waals surface area contributed by atoms with Crippen molar-refractivity contribution in [2.75, 3.05) is 46.9 Å². The van der Waals surface area contributed by atoms with Crippen molar-refractivity contribution in [3.05, 3.63) is 29.8 Å². The summed E-state index contributed by atoms with van der Waals surface area (Å²) in [7, 11) is 3.95. The van der Waals surface area contributed by atoms with Crippen molar-refractivity contribution in [2.45, 2.75) is 32.7 Å². The Labute approximate surface area is 168 Å². The predicted octanol–water partition coefficient (Wildman–Crippen LogP) is 2.40. The minimum Gasteiger partial charge on any atom is -0.494 e. The number of carbonyl (C=O) groups is 2. The zero-order valence-electron chi connectivity index (χ0n) is 17.6. The molecule has 0 spiro atoms. The van der Waals surface area contributed by atoms with Gasteiger partial charge in [0.25, 0.3) is 0 Å². The molecule has 2 fully saturated rings.